The molecule has 0 saturated heterocycles. The first-order valence-electron chi connectivity index (χ1n) is 4.10. The largest absolute Gasteiger partial charge is 0.342 e. The Morgan fingerprint density at radius 3 is 2.09 bits per heavy atom. The number of carbonyl (C=O) groups is 1. The lowest BCUT2D eigenvalue weighted by Gasteiger charge is -2.20. The molecule has 0 heterocycles. The van der Waals surface area contributed by atoms with E-state index in [9.17, 15) is 4.79 Å². The van der Waals surface area contributed by atoms with Gasteiger partial charge in [0.25, 0.3) is 0 Å². The summed E-state index contributed by atoms with van der Waals surface area (Å²) in [5.41, 5.74) is 0. The lowest BCUT2D eigenvalue weighted by molar-refractivity contribution is -0.130. The summed E-state index contributed by atoms with van der Waals surface area (Å²) in [6, 6.07) is 0. The Morgan fingerprint density at radius 2 is 1.82 bits per heavy atom. The van der Waals surface area contributed by atoms with E-state index in [1.807, 2.05) is 25.7 Å². The number of carbonyl (C=O) groups excluding carboxylic acids is 1. The minimum Gasteiger partial charge on any atom is -0.342 e. The first kappa shape index (κ1) is 11.0. The van der Waals surface area contributed by atoms with Crippen molar-refractivity contribution in [3.8, 4) is 0 Å². The average molecular weight is 222 g/mol. The minimum atomic E-state index is 0.00222. The highest BCUT2D eigenvalue weighted by molar-refractivity contribution is 9.10. The molecular weight excluding hydrogens is 206 g/mol. The molecule has 0 N–H and O–H groups in total. The highest BCUT2D eigenvalue weighted by Gasteiger charge is 2.16. The number of hydrogen-bond acceptors (Lipinski definition) is 1. The van der Waals surface area contributed by atoms with Crippen molar-refractivity contribution in [1.29, 1.82) is 0 Å². The summed E-state index contributed by atoms with van der Waals surface area (Å²) in [4.78, 5) is 13.3. The van der Waals surface area contributed by atoms with Gasteiger partial charge in [0.1, 0.15) is 0 Å². The summed E-state index contributed by atoms with van der Waals surface area (Å²) in [5.74, 6) is 0.206. The monoisotopic (exact) mass is 221 g/mol. The third-order valence-corrected chi connectivity index (χ3v) is 2.74. The smallest absolute Gasteiger partial charge is 0.236 e. The maximum absolute atomic E-state index is 11.4. The molecule has 0 saturated carbocycles. The Labute approximate surface area is 77.1 Å². The molecule has 0 fully saturated rings. The first-order valence-corrected chi connectivity index (χ1v) is 5.01. The van der Waals surface area contributed by atoms with Crippen LogP contribution in [0.15, 0.2) is 0 Å². The Bertz CT molecular complexity index is 123. The molecule has 0 aromatic rings. The van der Waals surface area contributed by atoms with Crippen LogP contribution in [0.1, 0.15) is 27.2 Å². The molecular formula is C8H16BrNO. The molecule has 0 aliphatic carbocycles. The Hall–Kier alpha value is -0.0500. The van der Waals surface area contributed by atoms with Crippen LogP contribution < -0.4 is 0 Å². The highest BCUT2D eigenvalue weighted by atomic mass is 79.9. The summed E-state index contributed by atoms with van der Waals surface area (Å²) in [5, 5.41) is 0. The van der Waals surface area contributed by atoms with Gasteiger partial charge in [0.15, 0.2) is 0 Å². The predicted molar refractivity (Wildman–Crippen MR) is 50.9 cm³/mol. The third-order valence-electron chi connectivity index (χ3n) is 1.70. The molecule has 0 aliphatic rings. The van der Waals surface area contributed by atoms with Gasteiger partial charge < -0.3 is 4.90 Å². The number of halogens is 1. The molecule has 0 bridgehead atoms. The van der Waals surface area contributed by atoms with E-state index < -0.39 is 0 Å². The maximum atomic E-state index is 11.4. The predicted octanol–water partition coefficient (Wildman–Crippen LogP) is 2.03. The van der Waals surface area contributed by atoms with E-state index in [4.69, 9.17) is 0 Å². The molecule has 0 rings (SSSR count). The average Bonchev–Trinajstić information content (AvgIpc) is 2.05. The molecule has 0 aromatic carbocycles. The fourth-order valence-electron chi connectivity index (χ4n) is 0.908. The zero-order chi connectivity index (χ0) is 8.85. The van der Waals surface area contributed by atoms with Crippen LogP contribution in [0.3, 0.4) is 0 Å². The van der Waals surface area contributed by atoms with Crippen LogP contribution in [-0.2, 0) is 4.79 Å². The van der Waals surface area contributed by atoms with Crippen molar-refractivity contribution in [2.45, 2.75) is 32.0 Å². The zero-order valence-electron chi connectivity index (χ0n) is 7.43. The number of alkyl halides is 1. The van der Waals surface area contributed by atoms with E-state index in [1.54, 1.807) is 0 Å². The van der Waals surface area contributed by atoms with Crippen LogP contribution in [-0.4, -0.2) is 28.7 Å². The van der Waals surface area contributed by atoms with Gasteiger partial charge in [-0.1, -0.05) is 22.9 Å². The Morgan fingerprint density at radius 1 is 1.36 bits per heavy atom. The first-order chi connectivity index (χ1) is 5.17. The third kappa shape index (κ3) is 3.23. The number of hydrogen-bond donors (Lipinski definition) is 0. The summed E-state index contributed by atoms with van der Waals surface area (Å²) < 4.78 is 0. The number of nitrogens with zero attached hydrogens (tertiary/aromatic N) is 1. The Kier molecular flexibility index (Phi) is 5.56. The molecule has 1 atom stereocenters. The molecule has 1 amide bonds. The summed E-state index contributed by atoms with van der Waals surface area (Å²) in [6.07, 6.45) is 0.856. The highest BCUT2D eigenvalue weighted by Crippen LogP contribution is 2.08. The van der Waals surface area contributed by atoms with Gasteiger partial charge in [-0.2, -0.15) is 0 Å². The lowest BCUT2D eigenvalue weighted by Crippen LogP contribution is -2.35. The van der Waals surface area contributed by atoms with Crippen molar-refractivity contribution in [1.82, 2.24) is 4.90 Å². The fraction of sp³-hybridized carbons (Fsp3) is 0.875. The summed E-state index contributed by atoms with van der Waals surface area (Å²) >= 11 is 3.33. The molecule has 0 aromatic heterocycles. The quantitative estimate of drug-likeness (QED) is 0.666. The zero-order valence-corrected chi connectivity index (χ0v) is 9.02. The molecule has 66 valence electrons. The van der Waals surface area contributed by atoms with Crippen molar-refractivity contribution >= 4 is 21.8 Å². The van der Waals surface area contributed by atoms with Crippen molar-refractivity contribution in [3.05, 3.63) is 0 Å². The van der Waals surface area contributed by atoms with Crippen LogP contribution in [0.2, 0.25) is 0 Å². The lowest BCUT2D eigenvalue weighted by atomic mass is 10.3. The summed E-state index contributed by atoms with van der Waals surface area (Å²) in [7, 11) is 0. The van der Waals surface area contributed by atoms with E-state index in [2.05, 4.69) is 15.9 Å². The van der Waals surface area contributed by atoms with E-state index in [-0.39, 0.29) is 10.7 Å². The van der Waals surface area contributed by atoms with Crippen LogP contribution in [0.5, 0.6) is 0 Å². The van der Waals surface area contributed by atoms with Crippen molar-refractivity contribution in [3.63, 3.8) is 0 Å². The standard InChI is InChI=1S/C8H16BrNO/c1-4-7(9)8(11)10(5-2)6-3/h7H,4-6H2,1-3H3/t7-/m0/s1. The van der Waals surface area contributed by atoms with Gasteiger partial charge in [-0.15, -0.1) is 0 Å². The topological polar surface area (TPSA) is 20.3 Å². The normalized spacial score (nSPS) is 12.7. The van der Waals surface area contributed by atoms with Crippen LogP contribution in [0.25, 0.3) is 0 Å². The molecule has 11 heavy (non-hydrogen) atoms. The van der Waals surface area contributed by atoms with Gasteiger partial charge in [-0.3, -0.25) is 4.79 Å². The number of rotatable bonds is 4. The van der Waals surface area contributed by atoms with Gasteiger partial charge in [0.2, 0.25) is 5.91 Å². The molecule has 2 nitrogen and oxygen atoms in total. The van der Waals surface area contributed by atoms with Gasteiger partial charge in [0.05, 0.1) is 4.83 Å². The molecule has 3 heteroatoms. The molecule has 0 aliphatic heterocycles. The Balaban J connectivity index is 3.97. The summed E-state index contributed by atoms with van der Waals surface area (Å²) in [6.45, 7) is 7.60. The molecule has 0 spiro atoms. The number of amides is 1. The molecule has 0 radical (unpaired) electrons. The van der Waals surface area contributed by atoms with Crippen LogP contribution in [0.4, 0.5) is 0 Å². The van der Waals surface area contributed by atoms with Crippen molar-refractivity contribution < 1.29 is 4.79 Å². The fourth-order valence-corrected chi connectivity index (χ4v) is 1.20. The van der Waals surface area contributed by atoms with Crippen LogP contribution in [0, 0.1) is 0 Å². The van der Waals surface area contributed by atoms with Crippen molar-refractivity contribution in [2.75, 3.05) is 13.1 Å². The van der Waals surface area contributed by atoms with Gasteiger partial charge in [-0.25, -0.2) is 0 Å². The molecule has 0 unspecified atom stereocenters. The van der Waals surface area contributed by atoms with Crippen LogP contribution >= 0.6 is 15.9 Å². The van der Waals surface area contributed by atoms with E-state index in [0.29, 0.717) is 0 Å². The SMILES string of the molecule is CC[C@H](Br)C(=O)N(CC)CC. The van der Waals surface area contributed by atoms with E-state index >= 15 is 0 Å². The second kappa shape index (κ2) is 5.58. The second-order valence-corrected chi connectivity index (χ2v) is 3.49. The van der Waals surface area contributed by atoms with Gasteiger partial charge >= 0.3 is 0 Å². The maximum Gasteiger partial charge on any atom is 0.236 e. The van der Waals surface area contributed by atoms with Gasteiger partial charge in [0, 0.05) is 13.1 Å². The van der Waals surface area contributed by atoms with E-state index in [0.717, 1.165) is 19.5 Å². The second-order valence-electron chi connectivity index (χ2n) is 2.39. The van der Waals surface area contributed by atoms with E-state index in [1.165, 1.54) is 0 Å². The van der Waals surface area contributed by atoms with Gasteiger partial charge in [-0.05, 0) is 20.3 Å². The van der Waals surface area contributed by atoms with Crippen molar-refractivity contribution in [2.24, 2.45) is 0 Å². The minimum absolute atomic E-state index is 0.00222.